The van der Waals surface area contributed by atoms with Crippen LogP contribution in [0, 0.1) is 23.6 Å². The topological polar surface area (TPSA) is 81.7 Å². The number of carboxylic acid groups (broad SMARTS) is 1. The van der Waals surface area contributed by atoms with E-state index in [1.54, 1.807) is 17.0 Å². The van der Waals surface area contributed by atoms with Crippen LogP contribution in [0.5, 0.6) is 0 Å². The third-order valence-corrected chi connectivity index (χ3v) is 4.85. The van der Waals surface area contributed by atoms with Crippen molar-refractivity contribution < 1.29 is 19.1 Å². The number of aliphatic carboxylic acids is 1. The molecular formula is C17H22FN3O3. The highest BCUT2D eigenvalue weighted by Gasteiger charge is 2.40. The summed E-state index contributed by atoms with van der Waals surface area (Å²) in [5.41, 5.74) is 6.90. The predicted molar refractivity (Wildman–Crippen MR) is 85.3 cm³/mol. The molecule has 3 rings (SSSR count). The first-order valence-electron chi connectivity index (χ1n) is 8.21. The Balaban J connectivity index is 1.75. The van der Waals surface area contributed by atoms with E-state index < -0.39 is 11.9 Å². The molecule has 2 saturated heterocycles. The van der Waals surface area contributed by atoms with Crippen molar-refractivity contribution in [3.8, 4) is 0 Å². The van der Waals surface area contributed by atoms with E-state index in [9.17, 15) is 19.1 Å². The molecule has 2 fully saturated rings. The highest BCUT2D eigenvalue weighted by molar-refractivity contribution is 5.81. The fraction of sp³-hybridized carbons (Fsp3) is 0.529. The first kappa shape index (κ1) is 16.9. The lowest BCUT2D eigenvalue weighted by Gasteiger charge is -2.36. The van der Waals surface area contributed by atoms with Crippen molar-refractivity contribution in [1.82, 2.24) is 15.8 Å². The Kier molecular flexibility index (Phi) is 4.82. The Morgan fingerprint density at radius 3 is 2.62 bits per heavy atom. The molecule has 1 aromatic rings. The van der Waals surface area contributed by atoms with E-state index in [0.717, 1.165) is 5.56 Å². The van der Waals surface area contributed by atoms with Crippen molar-refractivity contribution in [2.75, 3.05) is 19.6 Å². The average molecular weight is 335 g/mol. The van der Waals surface area contributed by atoms with Crippen molar-refractivity contribution in [2.45, 2.75) is 19.4 Å². The molecule has 3 N–H and O–H groups in total. The van der Waals surface area contributed by atoms with Gasteiger partial charge in [0.25, 0.3) is 0 Å². The number of piperidine rings is 1. The minimum atomic E-state index is -0.850. The molecule has 0 radical (unpaired) electrons. The van der Waals surface area contributed by atoms with Gasteiger partial charge in [-0.1, -0.05) is 19.1 Å². The third-order valence-electron chi connectivity index (χ3n) is 4.85. The van der Waals surface area contributed by atoms with Crippen molar-refractivity contribution >= 4 is 11.9 Å². The lowest BCUT2D eigenvalue weighted by molar-refractivity contribution is -0.148. The Bertz CT molecular complexity index is 622. The maximum atomic E-state index is 13.1. The fourth-order valence-electron chi connectivity index (χ4n) is 3.66. The standard InChI is InChI=1S/C17H22FN3O3/c1-10-6-12(17(23)24)9-21(8-10)16(22)14-7-19-20-15(14)11-2-4-13(18)5-3-11/h2-5,10,12,14-15,19-20H,6-9H2,1H3,(H,23,24). The zero-order chi connectivity index (χ0) is 17.3. The molecule has 6 nitrogen and oxygen atoms in total. The van der Waals surface area contributed by atoms with Gasteiger partial charge in [0.2, 0.25) is 5.91 Å². The van der Waals surface area contributed by atoms with E-state index in [0.29, 0.717) is 19.5 Å². The molecule has 4 atom stereocenters. The van der Waals surface area contributed by atoms with Gasteiger partial charge in [-0.05, 0) is 30.0 Å². The number of hydrogen-bond donors (Lipinski definition) is 3. The summed E-state index contributed by atoms with van der Waals surface area (Å²) < 4.78 is 13.1. The van der Waals surface area contributed by atoms with Crippen LogP contribution in [0.4, 0.5) is 4.39 Å². The molecule has 2 heterocycles. The smallest absolute Gasteiger partial charge is 0.308 e. The summed E-state index contributed by atoms with van der Waals surface area (Å²) in [5.74, 6) is -1.91. The van der Waals surface area contributed by atoms with Crippen LogP contribution in [0.15, 0.2) is 24.3 Å². The number of carbonyl (C=O) groups excluding carboxylic acids is 1. The second-order valence-electron chi connectivity index (χ2n) is 6.78. The van der Waals surface area contributed by atoms with Crippen LogP contribution in [0.2, 0.25) is 0 Å². The van der Waals surface area contributed by atoms with Crippen molar-refractivity contribution in [3.05, 3.63) is 35.6 Å². The predicted octanol–water partition coefficient (Wildman–Crippen LogP) is 1.16. The van der Waals surface area contributed by atoms with Gasteiger partial charge in [0, 0.05) is 19.6 Å². The summed E-state index contributed by atoms with van der Waals surface area (Å²) in [7, 11) is 0. The van der Waals surface area contributed by atoms with Gasteiger partial charge in [-0.25, -0.2) is 9.82 Å². The summed E-state index contributed by atoms with van der Waals surface area (Å²) in [6.45, 7) is 3.27. The summed E-state index contributed by atoms with van der Waals surface area (Å²) in [4.78, 5) is 25.9. The Morgan fingerprint density at radius 2 is 1.96 bits per heavy atom. The van der Waals surface area contributed by atoms with Gasteiger partial charge in [0.05, 0.1) is 17.9 Å². The van der Waals surface area contributed by atoms with Gasteiger partial charge in [0.15, 0.2) is 0 Å². The normalized spacial score (nSPS) is 30.3. The lowest BCUT2D eigenvalue weighted by atomic mass is 9.88. The average Bonchev–Trinajstić information content (AvgIpc) is 3.03. The minimum absolute atomic E-state index is 0.0559. The Labute approximate surface area is 140 Å². The van der Waals surface area contributed by atoms with Crippen molar-refractivity contribution in [3.63, 3.8) is 0 Å². The van der Waals surface area contributed by atoms with E-state index in [4.69, 9.17) is 0 Å². The van der Waals surface area contributed by atoms with Gasteiger partial charge in [-0.3, -0.25) is 15.0 Å². The zero-order valence-corrected chi connectivity index (χ0v) is 13.5. The Morgan fingerprint density at radius 1 is 1.25 bits per heavy atom. The van der Waals surface area contributed by atoms with Crippen LogP contribution in [-0.2, 0) is 9.59 Å². The van der Waals surface area contributed by atoms with Crippen LogP contribution in [-0.4, -0.2) is 41.5 Å². The van der Waals surface area contributed by atoms with Crippen LogP contribution < -0.4 is 10.9 Å². The van der Waals surface area contributed by atoms with E-state index in [2.05, 4.69) is 10.9 Å². The third kappa shape index (κ3) is 3.42. The summed E-state index contributed by atoms with van der Waals surface area (Å²) in [6, 6.07) is 5.83. The quantitative estimate of drug-likeness (QED) is 0.772. The molecule has 24 heavy (non-hydrogen) atoms. The summed E-state index contributed by atoms with van der Waals surface area (Å²) in [6.07, 6.45) is 0.599. The molecule has 2 aliphatic heterocycles. The summed E-state index contributed by atoms with van der Waals surface area (Å²) >= 11 is 0. The molecule has 130 valence electrons. The molecule has 7 heteroatoms. The number of benzene rings is 1. The minimum Gasteiger partial charge on any atom is -0.481 e. The number of hydrazine groups is 1. The van der Waals surface area contributed by atoms with E-state index in [1.807, 2.05) is 6.92 Å². The molecule has 1 amide bonds. The second kappa shape index (κ2) is 6.86. The molecule has 0 saturated carbocycles. The number of likely N-dealkylation sites (tertiary alicyclic amines) is 1. The number of nitrogens with one attached hydrogen (secondary N) is 2. The fourth-order valence-corrected chi connectivity index (χ4v) is 3.66. The maximum absolute atomic E-state index is 13.1. The van der Waals surface area contributed by atoms with Crippen LogP contribution in [0.1, 0.15) is 24.9 Å². The number of nitrogens with zero attached hydrogens (tertiary/aromatic N) is 1. The van der Waals surface area contributed by atoms with Gasteiger partial charge in [0.1, 0.15) is 5.82 Å². The highest BCUT2D eigenvalue weighted by Crippen LogP contribution is 2.29. The van der Waals surface area contributed by atoms with E-state index in [-0.39, 0.29) is 36.1 Å². The molecule has 0 aliphatic carbocycles. The number of carbonyl (C=O) groups is 2. The lowest BCUT2D eigenvalue weighted by Crippen LogP contribution is -2.48. The number of hydrogen-bond acceptors (Lipinski definition) is 4. The van der Waals surface area contributed by atoms with Crippen LogP contribution >= 0.6 is 0 Å². The monoisotopic (exact) mass is 335 g/mol. The number of carboxylic acids is 1. The highest BCUT2D eigenvalue weighted by atomic mass is 19.1. The van der Waals surface area contributed by atoms with Crippen molar-refractivity contribution in [1.29, 1.82) is 0 Å². The number of amides is 1. The van der Waals surface area contributed by atoms with E-state index >= 15 is 0 Å². The molecule has 4 unspecified atom stereocenters. The first-order chi connectivity index (χ1) is 11.5. The van der Waals surface area contributed by atoms with Gasteiger partial charge < -0.3 is 10.0 Å². The first-order valence-corrected chi connectivity index (χ1v) is 8.21. The van der Waals surface area contributed by atoms with Crippen molar-refractivity contribution in [2.24, 2.45) is 17.8 Å². The molecule has 0 bridgehead atoms. The maximum Gasteiger partial charge on any atom is 0.308 e. The number of rotatable bonds is 3. The Hall–Kier alpha value is -1.99. The van der Waals surface area contributed by atoms with E-state index in [1.165, 1.54) is 12.1 Å². The van der Waals surface area contributed by atoms with Crippen LogP contribution in [0.25, 0.3) is 0 Å². The van der Waals surface area contributed by atoms with Gasteiger partial charge in [-0.15, -0.1) is 0 Å². The van der Waals surface area contributed by atoms with Gasteiger partial charge >= 0.3 is 5.97 Å². The zero-order valence-electron chi connectivity index (χ0n) is 13.5. The SMILES string of the molecule is CC1CC(C(=O)O)CN(C(=O)C2CNNC2c2ccc(F)cc2)C1. The summed E-state index contributed by atoms with van der Waals surface area (Å²) in [5, 5.41) is 9.28. The largest absolute Gasteiger partial charge is 0.481 e. The van der Waals surface area contributed by atoms with Crippen LogP contribution in [0.3, 0.4) is 0 Å². The molecule has 1 aromatic carbocycles. The molecular weight excluding hydrogens is 313 g/mol. The van der Waals surface area contributed by atoms with Gasteiger partial charge in [-0.2, -0.15) is 0 Å². The number of halogens is 1. The molecule has 2 aliphatic rings. The second-order valence-corrected chi connectivity index (χ2v) is 6.78. The molecule has 0 aromatic heterocycles. The molecule has 0 spiro atoms.